The van der Waals surface area contributed by atoms with Crippen LogP contribution >= 0.6 is 39.1 Å². The maximum absolute atomic E-state index is 5.71. The molecule has 0 aliphatic carbocycles. The number of halogens is 3. The number of hydrogen-bond acceptors (Lipinski definition) is 4. The zero-order valence-electron chi connectivity index (χ0n) is 9.36. The molecule has 0 radical (unpaired) electrons. The molecular formula is C11H9BrCl2N4. The second-order valence-electron chi connectivity index (χ2n) is 3.61. The monoisotopic (exact) mass is 346 g/mol. The summed E-state index contributed by atoms with van der Waals surface area (Å²) < 4.78 is 1.03. The Bertz CT molecular complexity index is 527. The normalized spacial score (nSPS) is 12.2. The summed E-state index contributed by atoms with van der Waals surface area (Å²) in [6, 6.07) is 7.99. The summed E-state index contributed by atoms with van der Waals surface area (Å²) in [6.45, 7) is 1.99. The molecule has 1 atom stereocenters. The average molecular weight is 348 g/mol. The summed E-state index contributed by atoms with van der Waals surface area (Å²) in [5.74, 6) is 0.357. The van der Waals surface area contributed by atoms with Crippen LogP contribution in [0, 0.1) is 0 Å². The number of rotatable bonds is 3. The van der Waals surface area contributed by atoms with E-state index in [0.29, 0.717) is 5.95 Å². The minimum absolute atomic E-state index is 0.0348. The Labute approximate surface area is 123 Å². The van der Waals surface area contributed by atoms with Gasteiger partial charge in [0.1, 0.15) is 0 Å². The molecule has 0 amide bonds. The molecule has 0 saturated heterocycles. The molecule has 1 N–H and O–H groups in total. The molecule has 2 rings (SSSR count). The van der Waals surface area contributed by atoms with Crippen LogP contribution in [0.2, 0.25) is 10.6 Å². The van der Waals surface area contributed by atoms with Crippen LogP contribution in [0.25, 0.3) is 0 Å². The number of anilines is 1. The summed E-state index contributed by atoms with van der Waals surface area (Å²) in [5, 5.41) is 3.25. The van der Waals surface area contributed by atoms with Gasteiger partial charge in [-0.3, -0.25) is 0 Å². The standard InChI is InChI=1S/C11H9BrCl2N4/c1-6(7-2-4-8(12)5-3-7)15-11-17-9(13)16-10(14)18-11/h2-6H,1H3,(H,15,16,17,18). The molecular weight excluding hydrogens is 339 g/mol. The second-order valence-corrected chi connectivity index (χ2v) is 5.21. The number of benzene rings is 1. The lowest BCUT2D eigenvalue weighted by molar-refractivity contribution is 0.853. The average Bonchev–Trinajstić information content (AvgIpc) is 2.28. The third-order valence-corrected chi connectivity index (χ3v) is 3.16. The molecule has 4 nitrogen and oxygen atoms in total. The quantitative estimate of drug-likeness (QED) is 0.907. The molecule has 0 spiro atoms. The lowest BCUT2D eigenvalue weighted by atomic mass is 10.1. The Hall–Kier alpha value is -0.910. The van der Waals surface area contributed by atoms with Crippen LogP contribution in [-0.4, -0.2) is 15.0 Å². The first-order valence-corrected chi connectivity index (χ1v) is 6.68. The van der Waals surface area contributed by atoms with Crippen molar-refractivity contribution in [3.63, 3.8) is 0 Å². The van der Waals surface area contributed by atoms with Gasteiger partial charge in [-0.1, -0.05) is 28.1 Å². The third kappa shape index (κ3) is 3.54. The van der Waals surface area contributed by atoms with E-state index in [0.717, 1.165) is 10.0 Å². The molecule has 0 saturated carbocycles. The van der Waals surface area contributed by atoms with Crippen LogP contribution in [0.3, 0.4) is 0 Å². The van der Waals surface area contributed by atoms with Gasteiger partial charge in [0, 0.05) is 4.47 Å². The highest BCUT2D eigenvalue weighted by Crippen LogP contribution is 2.20. The maximum Gasteiger partial charge on any atom is 0.228 e. The van der Waals surface area contributed by atoms with Crippen molar-refractivity contribution in [2.75, 3.05) is 5.32 Å². The molecule has 2 aromatic rings. The largest absolute Gasteiger partial charge is 0.348 e. The van der Waals surface area contributed by atoms with Gasteiger partial charge in [-0.15, -0.1) is 0 Å². The lowest BCUT2D eigenvalue weighted by Gasteiger charge is -2.14. The Kier molecular flexibility index (Phi) is 4.37. The zero-order chi connectivity index (χ0) is 13.1. The number of nitrogens with zero attached hydrogens (tertiary/aromatic N) is 3. The Morgan fingerprint density at radius 3 is 2.17 bits per heavy atom. The van der Waals surface area contributed by atoms with E-state index in [-0.39, 0.29) is 16.6 Å². The van der Waals surface area contributed by atoms with Crippen molar-refractivity contribution in [1.29, 1.82) is 0 Å². The summed E-state index contributed by atoms with van der Waals surface area (Å²) in [7, 11) is 0. The molecule has 18 heavy (non-hydrogen) atoms. The van der Waals surface area contributed by atoms with Crippen LogP contribution in [0.4, 0.5) is 5.95 Å². The minimum Gasteiger partial charge on any atom is -0.348 e. The van der Waals surface area contributed by atoms with Crippen LogP contribution in [0.5, 0.6) is 0 Å². The zero-order valence-corrected chi connectivity index (χ0v) is 12.5. The molecule has 0 aliphatic heterocycles. The fourth-order valence-corrected chi connectivity index (χ4v) is 2.05. The minimum atomic E-state index is 0.0348. The van der Waals surface area contributed by atoms with Crippen molar-refractivity contribution >= 4 is 45.1 Å². The molecule has 1 aromatic heterocycles. The van der Waals surface area contributed by atoms with Gasteiger partial charge >= 0.3 is 0 Å². The first kappa shape index (κ1) is 13.5. The molecule has 0 bridgehead atoms. The smallest absolute Gasteiger partial charge is 0.228 e. The van der Waals surface area contributed by atoms with Gasteiger partial charge in [-0.2, -0.15) is 15.0 Å². The van der Waals surface area contributed by atoms with Crippen molar-refractivity contribution < 1.29 is 0 Å². The van der Waals surface area contributed by atoms with Crippen LogP contribution in [0.15, 0.2) is 28.7 Å². The summed E-state index contributed by atoms with van der Waals surface area (Å²) in [4.78, 5) is 11.6. The number of hydrogen-bond donors (Lipinski definition) is 1. The van der Waals surface area contributed by atoms with Crippen molar-refractivity contribution in [1.82, 2.24) is 15.0 Å². The summed E-state index contributed by atoms with van der Waals surface area (Å²) in [6.07, 6.45) is 0. The van der Waals surface area contributed by atoms with E-state index in [1.165, 1.54) is 0 Å². The Morgan fingerprint density at radius 1 is 1.06 bits per heavy atom. The van der Waals surface area contributed by atoms with Crippen molar-refractivity contribution in [2.45, 2.75) is 13.0 Å². The van der Waals surface area contributed by atoms with E-state index >= 15 is 0 Å². The molecule has 0 aliphatic rings. The van der Waals surface area contributed by atoms with Gasteiger partial charge in [0.05, 0.1) is 6.04 Å². The van der Waals surface area contributed by atoms with Crippen LogP contribution < -0.4 is 5.32 Å². The van der Waals surface area contributed by atoms with Crippen molar-refractivity contribution in [3.8, 4) is 0 Å². The molecule has 1 unspecified atom stereocenters. The van der Waals surface area contributed by atoms with E-state index in [9.17, 15) is 0 Å². The van der Waals surface area contributed by atoms with E-state index in [1.54, 1.807) is 0 Å². The molecule has 0 fully saturated rings. The second kappa shape index (κ2) is 5.82. The van der Waals surface area contributed by atoms with Gasteiger partial charge in [-0.05, 0) is 47.8 Å². The Balaban J connectivity index is 2.15. The predicted molar refractivity (Wildman–Crippen MR) is 76.0 cm³/mol. The van der Waals surface area contributed by atoms with E-state index in [2.05, 4.69) is 36.2 Å². The molecule has 94 valence electrons. The first-order chi connectivity index (χ1) is 8.54. The van der Waals surface area contributed by atoms with Gasteiger partial charge in [0.2, 0.25) is 16.5 Å². The fourth-order valence-electron chi connectivity index (χ4n) is 1.42. The number of nitrogens with one attached hydrogen (secondary N) is 1. The van der Waals surface area contributed by atoms with Crippen LogP contribution in [0.1, 0.15) is 18.5 Å². The van der Waals surface area contributed by atoms with Gasteiger partial charge in [-0.25, -0.2) is 0 Å². The maximum atomic E-state index is 5.71. The van der Waals surface area contributed by atoms with E-state index in [4.69, 9.17) is 23.2 Å². The van der Waals surface area contributed by atoms with Crippen LogP contribution in [-0.2, 0) is 0 Å². The lowest BCUT2D eigenvalue weighted by Crippen LogP contribution is -2.10. The van der Waals surface area contributed by atoms with Gasteiger partial charge < -0.3 is 5.32 Å². The van der Waals surface area contributed by atoms with E-state index in [1.807, 2.05) is 31.2 Å². The molecule has 7 heteroatoms. The molecule has 1 aromatic carbocycles. The first-order valence-electron chi connectivity index (χ1n) is 5.13. The van der Waals surface area contributed by atoms with Gasteiger partial charge in [0.25, 0.3) is 0 Å². The predicted octanol–water partition coefficient (Wildman–Crippen LogP) is 4.11. The highest BCUT2D eigenvalue weighted by molar-refractivity contribution is 9.10. The topological polar surface area (TPSA) is 50.7 Å². The van der Waals surface area contributed by atoms with Gasteiger partial charge in [0.15, 0.2) is 0 Å². The highest BCUT2D eigenvalue weighted by atomic mass is 79.9. The van der Waals surface area contributed by atoms with Crippen molar-refractivity contribution in [3.05, 3.63) is 44.9 Å². The third-order valence-electron chi connectivity index (χ3n) is 2.30. The SMILES string of the molecule is CC(Nc1nc(Cl)nc(Cl)n1)c1ccc(Br)cc1. The Morgan fingerprint density at radius 2 is 1.61 bits per heavy atom. The number of aromatic nitrogens is 3. The molecule has 1 heterocycles. The van der Waals surface area contributed by atoms with E-state index < -0.39 is 0 Å². The van der Waals surface area contributed by atoms with Crippen molar-refractivity contribution in [2.24, 2.45) is 0 Å². The summed E-state index contributed by atoms with van der Waals surface area (Å²) >= 11 is 14.8. The summed E-state index contributed by atoms with van der Waals surface area (Å²) in [5.41, 5.74) is 1.10. The highest BCUT2D eigenvalue weighted by Gasteiger charge is 2.09. The fraction of sp³-hybridized carbons (Fsp3) is 0.182.